The van der Waals surface area contributed by atoms with Gasteiger partial charge in [0.2, 0.25) is 0 Å². The molecule has 0 heterocycles. The summed E-state index contributed by atoms with van der Waals surface area (Å²) in [6.07, 6.45) is 18.4. The zero-order valence-corrected chi connectivity index (χ0v) is 16.7. The minimum atomic E-state index is -0.313. The van der Waals surface area contributed by atoms with Gasteiger partial charge in [0.25, 0.3) is 0 Å². The average Bonchev–Trinajstić information content (AvgIpc) is 2.58. The summed E-state index contributed by atoms with van der Waals surface area (Å²) < 4.78 is 5.14. The molecule has 0 unspecified atom stereocenters. The normalized spacial score (nSPS) is 10.6. The van der Waals surface area contributed by atoms with Gasteiger partial charge in [-0.3, -0.25) is 10.2 Å². The third-order valence-corrected chi connectivity index (χ3v) is 4.54. The lowest BCUT2D eigenvalue weighted by molar-refractivity contribution is -0.143. The molecule has 0 saturated heterocycles. The van der Waals surface area contributed by atoms with Crippen LogP contribution in [0, 0.1) is 5.41 Å². The lowest BCUT2D eigenvalue weighted by Crippen LogP contribution is -2.37. The summed E-state index contributed by atoms with van der Waals surface area (Å²) in [7, 11) is 1.61. The van der Waals surface area contributed by atoms with Gasteiger partial charge in [-0.1, -0.05) is 90.4 Å². The Balaban J connectivity index is 3.19. The van der Waals surface area contributed by atoms with Crippen LogP contribution in [0.1, 0.15) is 96.8 Å². The van der Waals surface area contributed by atoms with Crippen LogP contribution < -0.4 is 5.73 Å². The standard InChI is InChI=1S/C20H41N3O2/c1-3-4-5-6-7-8-9-10-11-12-13-14-15-16-17-25-19(24)18-23(2)20(21)22/h3-18H2,1-2H3,(H3,21,22). The quantitative estimate of drug-likeness (QED) is 0.169. The van der Waals surface area contributed by atoms with Crippen LogP contribution in [0.25, 0.3) is 0 Å². The Morgan fingerprint density at radius 2 is 1.24 bits per heavy atom. The summed E-state index contributed by atoms with van der Waals surface area (Å²) in [6, 6.07) is 0. The SMILES string of the molecule is CCCCCCCCCCCCCCCCOC(=O)CN(C)C(=N)N. The number of rotatable bonds is 17. The number of nitrogens with two attached hydrogens (primary N) is 1. The second-order valence-electron chi connectivity index (χ2n) is 7.06. The number of carbonyl (C=O) groups is 1. The van der Waals surface area contributed by atoms with Crippen molar-refractivity contribution in [3.05, 3.63) is 0 Å². The number of guanidine groups is 1. The van der Waals surface area contributed by atoms with Crippen LogP contribution >= 0.6 is 0 Å². The Kier molecular flexibility index (Phi) is 16.7. The second kappa shape index (κ2) is 17.6. The minimum absolute atomic E-state index is 0.0495. The molecule has 5 heteroatoms. The monoisotopic (exact) mass is 355 g/mol. The number of likely N-dealkylation sites (N-methyl/N-ethyl adjacent to an activating group) is 1. The van der Waals surface area contributed by atoms with Gasteiger partial charge in [-0.2, -0.15) is 0 Å². The molecule has 0 aliphatic heterocycles. The predicted octanol–water partition coefficient (Wildman–Crippen LogP) is 4.84. The molecule has 0 saturated carbocycles. The van der Waals surface area contributed by atoms with Crippen molar-refractivity contribution in [1.29, 1.82) is 5.41 Å². The van der Waals surface area contributed by atoms with Crippen molar-refractivity contribution in [3.63, 3.8) is 0 Å². The second-order valence-corrected chi connectivity index (χ2v) is 7.06. The first-order valence-electron chi connectivity index (χ1n) is 10.3. The predicted molar refractivity (Wildman–Crippen MR) is 106 cm³/mol. The number of hydrogen-bond donors (Lipinski definition) is 2. The lowest BCUT2D eigenvalue weighted by Gasteiger charge is -2.15. The van der Waals surface area contributed by atoms with Crippen LogP contribution in [0.5, 0.6) is 0 Å². The molecule has 3 N–H and O–H groups in total. The van der Waals surface area contributed by atoms with Gasteiger partial charge in [0, 0.05) is 7.05 Å². The van der Waals surface area contributed by atoms with E-state index in [9.17, 15) is 4.79 Å². The Hall–Kier alpha value is -1.26. The molecule has 25 heavy (non-hydrogen) atoms. The fourth-order valence-electron chi connectivity index (χ4n) is 2.81. The van der Waals surface area contributed by atoms with Crippen molar-refractivity contribution in [3.8, 4) is 0 Å². The van der Waals surface area contributed by atoms with Crippen molar-refractivity contribution >= 4 is 11.9 Å². The zero-order valence-electron chi connectivity index (χ0n) is 16.7. The van der Waals surface area contributed by atoms with Crippen LogP contribution in [0.3, 0.4) is 0 Å². The molecule has 0 aromatic carbocycles. The summed E-state index contributed by atoms with van der Waals surface area (Å²) >= 11 is 0. The molecule has 5 nitrogen and oxygen atoms in total. The van der Waals surface area contributed by atoms with Crippen LogP contribution in [-0.4, -0.2) is 37.0 Å². The molecular weight excluding hydrogens is 314 g/mol. The first-order valence-corrected chi connectivity index (χ1v) is 10.3. The lowest BCUT2D eigenvalue weighted by atomic mass is 10.0. The van der Waals surface area contributed by atoms with Crippen molar-refractivity contribution in [2.24, 2.45) is 5.73 Å². The number of carbonyl (C=O) groups excluding carboxylic acids is 1. The van der Waals surface area contributed by atoms with E-state index in [1.54, 1.807) is 7.05 Å². The maximum atomic E-state index is 11.5. The van der Waals surface area contributed by atoms with Gasteiger partial charge in [0.05, 0.1) is 6.61 Å². The van der Waals surface area contributed by atoms with E-state index in [0.717, 1.165) is 12.8 Å². The Bertz CT molecular complexity index is 335. The van der Waals surface area contributed by atoms with Crippen molar-refractivity contribution in [2.75, 3.05) is 20.2 Å². The largest absolute Gasteiger partial charge is 0.464 e. The van der Waals surface area contributed by atoms with E-state index in [-0.39, 0.29) is 18.5 Å². The molecule has 0 spiro atoms. The summed E-state index contributed by atoms with van der Waals surface area (Å²) in [5.74, 6) is -0.430. The van der Waals surface area contributed by atoms with Crippen molar-refractivity contribution in [1.82, 2.24) is 4.90 Å². The molecule has 0 aliphatic carbocycles. The molecular formula is C20H41N3O2. The van der Waals surface area contributed by atoms with Gasteiger partial charge < -0.3 is 15.4 Å². The Labute approximate surface area is 155 Å². The smallest absolute Gasteiger partial charge is 0.325 e. The van der Waals surface area contributed by atoms with E-state index in [4.69, 9.17) is 15.9 Å². The average molecular weight is 356 g/mol. The molecule has 0 radical (unpaired) electrons. The van der Waals surface area contributed by atoms with Gasteiger partial charge in [-0.25, -0.2) is 0 Å². The van der Waals surface area contributed by atoms with Crippen LogP contribution in [0.15, 0.2) is 0 Å². The Morgan fingerprint density at radius 1 is 0.840 bits per heavy atom. The summed E-state index contributed by atoms with van der Waals surface area (Å²) in [6.45, 7) is 2.79. The van der Waals surface area contributed by atoms with E-state index in [1.807, 2.05) is 0 Å². The fraction of sp³-hybridized carbons (Fsp3) is 0.900. The Morgan fingerprint density at radius 3 is 1.64 bits per heavy atom. The zero-order chi connectivity index (χ0) is 18.8. The number of nitrogens with one attached hydrogen (secondary N) is 1. The molecule has 0 aromatic rings. The number of unbranched alkanes of at least 4 members (excludes halogenated alkanes) is 13. The maximum Gasteiger partial charge on any atom is 0.325 e. The molecule has 0 aliphatic rings. The van der Waals surface area contributed by atoms with Gasteiger partial charge in [-0.05, 0) is 6.42 Å². The molecule has 148 valence electrons. The summed E-state index contributed by atoms with van der Waals surface area (Å²) in [4.78, 5) is 12.8. The van der Waals surface area contributed by atoms with E-state index in [0.29, 0.717) is 6.61 Å². The molecule has 0 aromatic heterocycles. The highest BCUT2D eigenvalue weighted by Gasteiger charge is 2.08. The van der Waals surface area contributed by atoms with Gasteiger partial charge in [0.15, 0.2) is 5.96 Å². The third kappa shape index (κ3) is 17.4. The first kappa shape index (κ1) is 23.7. The maximum absolute atomic E-state index is 11.5. The molecule has 0 atom stereocenters. The molecule has 0 rings (SSSR count). The molecule has 0 fully saturated rings. The van der Waals surface area contributed by atoms with Crippen LogP contribution in [0.4, 0.5) is 0 Å². The highest BCUT2D eigenvalue weighted by atomic mass is 16.5. The number of ether oxygens (including phenoxy) is 1. The highest BCUT2D eigenvalue weighted by molar-refractivity contribution is 5.80. The first-order chi connectivity index (χ1) is 12.1. The number of esters is 1. The van der Waals surface area contributed by atoms with Crippen molar-refractivity contribution in [2.45, 2.75) is 96.8 Å². The van der Waals surface area contributed by atoms with Gasteiger partial charge in [-0.15, -0.1) is 0 Å². The van der Waals surface area contributed by atoms with Gasteiger partial charge in [0.1, 0.15) is 6.54 Å². The minimum Gasteiger partial charge on any atom is -0.464 e. The van der Waals surface area contributed by atoms with E-state index in [1.165, 1.54) is 81.9 Å². The van der Waals surface area contributed by atoms with E-state index >= 15 is 0 Å². The van der Waals surface area contributed by atoms with Crippen LogP contribution in [0.2, 0.25) is 0 Å². The van der Waals surface area contributed by atoms with E-state index in [2.05, 4.69) is 6.92 Å². The molecule has 0 bridgehead atoms. The molecule has 0 amide bonds. The number of nitrogens with zero attached hydrogens (tertiary/aromatic N) is 1. The summed E-state index contributed by atoms with van der Waals surface area (Å²) in [5, 5.41) is 7.18. The highest BCUT2D eigenvalue weighted by Crippen LogP contribution is 2.12. The third-order valence-electron chi connectivity index (χ3n) is 4.54. The van der Waals surface area contributed by atoms with Gasteiger partial charge >= 0.3 is 5.97 Å². The van der Waals surface area contributed by atoms with Crippen LogP contribution in [-0.2, 0) is 9.53 Å². The van der Waals surface area contributed by atoms with E-state index < -0.39 is 0 Å². The van der Waals surface area contributed by atoms with Crippen molar-refractivity contribution < 1.29 is 9.53 Å². The fourth-order valence-corrected chi connectivity index (χ4v) is 2.81. The summed E-state index contributed by atoms with van der Waals surface area (Å²) in [5.41, 5.74) is 5.27. The topological polar surface area (TPSA) is 79.4 Å². The number of hydrogen-bond acceptors (Lipinski definition) is 3.